The van der Waals surface area contributed by atoms with Crippen molar-refractivity contribution < 1.29 is 8.42 Å². The predicted molar refractivity (Wildman–Crippen MR) is 90.8 cm³/mol. The van der Waals surface area contributed by atoms with Gasteiger partial charge in [0.25, 0.3) is 0 Å². The summed E-state index contributed by atoms with van der Waals surface area (Å²) in [5.41, 5.74) is 1.67. The molecule has 1 rings (SSSR count). The zero-order valence-corrected chi connectivity index (χ0v) is 15.7. The first-order valence-corrected chi connectivity index (χ1v) is 9.40. The maximum absolute atomic E-state index is 12.5. The van der Waals surface area contributed by atoms with E-state index in [0.717, 1.165) is 15.6 Å². The summed E-state index contributed by atoms with van der Waals surface area (Å²) >= 11 is 3.44. The van der Waals surface area contributed by atoms with Crippen LogP contribution in [0.2, 0.25) is 0 Å². The Balaban J connectivity index is 3.07. The van der Waals surface area contributed by atoms with Gasteiger partial charge >= 0.3 is 0 Å². The monoisotopic (exact) mass is 376 g/mol. The molecule has 0 bridgehead atoms. The molecule has 1 aromatic carbocycles. The molecule has 0 heterocycles. The maximum atomic E-state index is 12.5. The Labute approximate surface area is 136 Å². The third kappa shape index (κ3) is 5.06. The van der Waals surface area contributed by atoms with E-state index in [1.165, 1.54) is 0 Å². The summed E-state index contributed by atoms with van der Waals surface area (Å²) in [7, 11) is -1.65. The quantitative estimate of drug-likeness (QED) is 0.768. The van der Waals surface area contributed by atoms with Crippen molar-refractivity contribution in [3.63, 3.8) is 0 Å². The molecule has 1 aromatic rings. The summed E-state index contributed by atoms with van der Waals surface area (Å²) in [4.78, 5) is 0.345. The van der Waals surface area contributed by atoms with Crippen LogP contribution in [-0.2, 0) is 16.6 Å². The van der Waals surface area contributed by atoms with E-state index in [4.69, 9.17) is 0 Å². The number of nitrogens with one attached hydrogen (secondary N) is 2. The standard InChI is InChI=1S/C15H25BrN2O2S/c1-10(2)11(3)8-18-21(19,20)15-7-13(9-17-5)6-14(16)12(15)4/h6-7,10-11,17-18H,8-9H2,1-5H3. The largest absolute Gasteiger partial charge is 0.316 e. The average Bonchev–Trinajstić information content (AvgIpc) is 2.40. The molecule has 0 spiro atoms. The van der Waals surface area contributed by atoms with Crippen LogP contribution in [0.3, 0.4) is 0 Å². The van der Waals surface area contributed by atoms with Crippen molar-refractivity contribution in [1.29, 1.82) is 0 Å². The Kier molecular flexibility index (Phi) is 6.84. The highest BCUT2D eigenvalue weighted by Gasteiger charge is 2.20. The van der Waals surface area contributed by atoms with Gasteiger partial charge in [0, 0.05) is 17.6 Å². The third-order valence-electron chi connectivity index (χ3n) is 3.76. The minimum atomic E-state index is -3.49. The third-order valence-corrected chi connectivity index (χ3v) is 6.13. The molecule has 1 unspecified atom stereocenters. The molecule has 0 fully saturated rings. The topological polar surface area (TPSA) is 58.2 Å². The molecule has 4 nitrogen and oxygen atoms in total. The van der Waals surface area contributed by atoms with Crippen LogP contribution in [0, 0.1) is 18.8 Å². The van der Waals surface area contributed by atoms with Crippen LogP contribution in [0.15, 0.2) is 21.5 Å². The Morgan fingerprint density at radius 2 is 1.86 bits per heavy atom. The zero-order chi connectivity index (χ0) is 16.2. The highest BCUT2D eigenvalue weighted by atomic mass is 79.9. The van der Waals surface area contributed by atoms with Gasteiger partial charge in [0.2, 0.25) is 10.0 Å². The molecule has 0 amide bonds. The van der Waals surface area contributed by atoms with Gasteiger partial charge in [-0.25, -0.2) is 13.1 Å². The van der Waals surface area contributed by atoms with Crippen LogP contribution in [0.25, 0.3) is 0 Å². The van der Waals surface area contributed by atoms with Crippen molar-refractivity contribution in [2.75, 3.05) is 13.6 Å². The lowest BCUT2D eigenvalue weighted by molar-refractivity contribution is 0.414. The number of hydrogen-bond donors (Lipinski definition) is 2. The number of rotatable bonds is 7. The van der Waals surface area contributed by atoms with Crippen LogP contribution >= 0.6 is 15.9 Å². The SMILES string of the molecule is CNCc1cc(Br)c(C)c(S(=O)(=O)NCC(C)C(C)C)c1. The fourth-order valence-electron chi connectivity index (χ4n) is 1.85. The number of halogens is 1. The fourth-order valence-corrected chi connectivity index (χ4v) is 3.94. The highest BCUT2D eigenvalue weighted by Crippen LogP contribution is 2.26. The van der Waals surface area contributed by atoms with Crippen molar-refractivity contribution in [2.24, 2.45) is 11.8 Å². The molecule has 1 atom stereocenters. The summed E-state index contributed by atoms with van der Waals surface area (Å²) in [6.45, 7) is 9.13. The second-order valence-corrected chi connectivity index (χ2v) is 8.39. The minimum absolute atomic E-state index is 0.295. The summed E-state index contributed by atoms with van der Waals surface area (Å²) in [5, 5.41) is 3.04. The molecule has 0 radical (unpaired) electrons. The lowest BCUT2D eigenvalue weighted by atomic mass is 9.99. The summed E-state index contributed by atoms with van der Waals surface area (Å²) in [6.07, 6.45) is 0. The Hall–Kier alpha value is -0.430. The highest BCUT2D eigenvalue weighted by molar-refractivity contribution is 9.10. The van der Waals surface area contributed by atoms with E-state index >= 15 is 0 Å². The van der Waals surface area contributed by atoms with E-state index in [-0.39, 0.29) is 0 Å². The van der Waals surface area contributed by atoms with Crippen LogP contribution in [0.5, 0.6) is 0 Å². The van der Waals surface area contributed by atoms with E-state index in [9.17, 15) is 8.42 Å². The average molecular weight is 377 g/mol. The van der Waals surface area contributed by atoms with Crippen molar-refractivity contribution in [3.05, 3.63) is 27.7 Å². The molecular formula is C15H25BrN2O2S. The minimum Gasteiger partial charge on any atom is -0.316 e. The smallest absolute Gasteiger partial charge is 0.240 e. The summed E-state index contributed by atoms with van der Waals surface area (Å²) in [5.74, 6) is 0.736. The summed E-state index contributed by atoms with van der Waals surface area (Å²) in [6, 6.07) is 3.68. The normalized spacial score (nSPS) is 13.7. The van der Waals surface area contributed by atoms with Gasteiger partial charge in [0.05, 0.1) is 4.90 Å². The first-order valence-electron chi connectivity index (χ1n) is 7.12. The molecule has 21 heavy (non-hydrogen) atoms. The number of hydrogen-bond acceptors (Lipinski definition) is 3. The molecule has 120 valence electrons. The van der Waals surface area contributed by atoms with E-state index in [2.05, 4.69) is 39.8 Å². The molecular weight excluding hydrogens is 352 g/mol. The van der Waals surface area contributed by atoms with Crippen molar-refractivity contribution in [3.8, 4) is 0 Å². The molecule has 0 aromatic heterocycles. The second kappa shape index (κ2) is 7.72. The molecule has 0 aliphatic rings. The van der Waals surface area contributed by atoms with E-state index in [1.54, 1.807) is 6.07 Å². The van der Waals surface area contributed by atoms with Gasteiger partial charge in [0.1, 0.15) is 0 Å². The van der Waals surface area contributed by atoms with Gasteiger partial charge < -0.3 is 5.32 Å². The van der Waals surface area contributed by atoms with Gasteiger partial charge in [-0.1, -0.05) is 36.7 Å². The van der Waals surface area contributed by atoms with E-state index in [0.29, 0.717) is 29.8 Å². The number of benzene rings is 1. The summed E-state index contributed by atoms with van der Waals surface area (Å²) < 4.78 is 28.6. The predicted octanol–water partition coefficient (Wildman–Crippen LogP) is 3.05. The first kappa shape index (κ1) is 18.6. The zero-order valence-electron chi connectivity index (χ0n) is 13.3. The van der Waals surface area contributed by atoms with Gasteiger partial charge in [-0.05, 0) is 49.1 Å². The van der Waals surface area contributed by atoms with Crippen molar-refractivity contribution in [1.82, 2.24) is 10.0 Å². The molecule has 0 aliphatic carbocycles. The van der Waals surface area contributed by atoms with Crippen LogP contribution in [0.4, 0.5) is 0 Å². The molecule has 0 saturated heterocycles. The second-order valence-electron chi connectivity index (χ2n) is 5.80. The van der Waals surface area contributed by atoms with Crippen LogP contribution in [-0.4, -0.2) is 22.0 Å². The van der Waals surface area contributed by atoms with Gasteiger partial charge in [-0.15, -0.1) is 0 Å². The van der Waals surface area contributed by atoms with Gasteiger partial charge in [0.15, 0.2) is 0 Å². The van der Waals surface area contributed by atoms with Crippen molar-refractivity contribution in [2.45, 2.75) is 39.1 Å². The first-order chi connectivity index (χ1) is 9.69. The van der Waals surface area contributed by atoms with E-state index in [1.807, 2.05) is 27.0 Å². The van der Waals surface area contributed by atoms with Crippen LogP contribution < -0.4 is 10.0 Å². The number of sulfonamides is 1. The lowest BCUT2D eigenvalue weighted by Gasteiger charge is -2.18. The Bertz CT molecular complexity index is 586. The van der Waals surface area contributed by atoms with Crippen molar-refractivity contribution >= 4 is 26.0 Å². The van der Waals surface area contributed by atoms with Gasteiger partial charge in [-0.2, -0.15) is 0 Å². The molecule has 0 aliphatic heterocycles. The molecule has 0 saturated carbocycles. The molecule has 6 heteroatoms. The van der Waals surface area contributed by atoms with E-state index < -0.39 is 10.0 Å². The Morgan fingerprint density at radius 1 is 1.24 bits per heavy atom. The lowest BCUT2D eigenvalue weighted by Crippen LogP contribution is -2.30. The van der Waals surface area contributed by atoms with Gasteiger partial charge in [-0.3, -0.25) is 0 Å². The molecule has 2 N–H and O–H groups in total. The van der Waals surface area contributed by atoms with Crippen LogP contribution in [0.1, 0.15) is 31.9 Å². The fraction of sp³-hybridized carbons (Fsp3) is 0.600. The maximum Gasteiger partial charge on any atom is 0.240 e. The Morgan fingerprint density at radius 3 is 2.38 bits per heavy atom.